The molecule has 0 spiro atoms. The van der Waals surface area contributed by atoms with E-state index < -0.39 is 5.97 Å². The highest BCUT2D eigenvalue weighted by Gasteiger charge is 2.08. The molecule has 2 aromatic heterocycles. The van der Waals surface area contributed by atoms with Crippen LogP contribution in [0.1, 0.15) is 10.4 Å². The van der Waals surface area contributed by atoms with Crippen molar-refractivity contribution in [2.45, 2.75) is 0 Å². The molecule has 0 atom stereocenters. The SMILES string of the molecule is CNc1nc2ncc(C(=O)O)cc2s1. The molecule has 2 heterocycles. The topological polar surface area (TPSA) is 75.1 Å². The van der Waals surface area contributed by atoms with Gasteiger partial charge < -0.3 is 10.4 Å². The molecule has 5 nitrogen and oxygen atoms in total. The third-order valence-corrected chi connectivity index (χ3v) is 2.72. The Bertz CT molecular complexity index is 494. The van der Waals surface area contributed by atoms with Crippen molar-refractivity contribution in [3.63, 3.8) is 0 Å². The molecular formula is C8H7N3O2S. The van der Waals surface area contributed by atoms with E-state index in [4.69, 9.17) is 5.11 Å². The molecule has 2 aromatic rings. The number of fused-ring (bicyclic) bond motifs is 1. The number of thiazole rings is 1. The highest BCUT2D eigenvalue weighted by Crippen LogP contribution is 2.24. The maximum Gasteiger partial charge on any atom is 0.337 e. The lowest BCUT2D eigenvalue weighted by atomic mass is 10.3. The van der Waals surface area contributed by atoms with Crippen molar-refractivity contribution in [3.05, 3.63) is 17.8 Å². The number of carbonyl (C=O) groups is 1. The number of anilines is 1. The molecule has 0 saturated carbocycles. The number of carboxylic acid groups (broad SMARTS) is 1. The molecular weight excluding hydrogens is 202 g/mol. The molecule has 72 valence electrons. The first-order valence-corrected chi connectivity index (χ1v) is 4.70. The third kappa shape index (κ3) is 1.39. The predicted molar refractivity (Wildman–Crippen MR) is 53.9 cm³/mol. The molecule has 0 bridgehead atoms. The van der Waals surface area contributed by atoms with Gasteiger partial charge in [-0.05, 0) is 6.07 Å². The molecule has 6 heteroatoms. The lowest BCUT2D eigenvalue weighted by molar-refractivity contribution is 0.0696. The number of aromatic carboxylic acids is 1. The monoisotopic (exact) mass is 209 g/mol. The third-order valence-electron chi connectivity index (χ3n) is 1.71. The van der Waals surface area contributed by atoms with Gasteiger partial charge in [0, 0.05) is 13.2 Å². The molecule has 0 aliphatic rings. The van der Waals surface area contributed by atoms with Crippen molar-refractivity contribution in [1.29, 1.82) is 0 Å². The zero-order chi connectivity index (χ0) is 10.1. The van der Waals surface area contributed by atoms with E-state index in [-0.39, 0.29) is 5.56 Å². The molecule has 0 unspecified atom stereocenters. The minimum atomic E-state index is -0.973. The second kappa shape index (κ2) is 3.22. The maximum absolute atomic E-state index is 10.6. The highest BCUT2D eigenvalue weighted by molar-refractivity contribution is 7.22. The lowest BCUT2D eigenvalue weighted by Gasteiger charge is -1.90. The van der Waals surface area contributed by atoms with E-state index in [1.807, 2.05) is 0 Å². The fraction of sp³-hybridized carbons (Fsp3) is 0.125. The Hall–Kier alpha value is -1.69. The summed E-state index contributed by atoms with van der Waals surface area (Å²) in [5.41, 5.74) is 0.758. The van der Waals surface area contributed by atoms with Gasteiger partial charge >= 0.3 is 5.97 Å². The summed E-state index contributed by atoms with van der Waals surface area (Å²) in [5, 5.41) is 12.4. The van der Waals surface area contributed by atoms with Crippen molar-refractivity contribution in [2.24, 2.45) is 0 Å². The zero-order valence-corrected chi connectivity index (χ0v) is 8.13. The van der Waals surface area contributed by atoms with Crippen LogP contribution in [0.4, 0.5) is 5.13 Å². The first-order valence-electron chi connectivity index (χ1n) is 3.88. The predicted octanol–water partition coefficient (Wildman–Crippen LogP) is 1.43. The molecule has 0 aliphatic heterocycles. The van der Waals surface area contributed by atoms with Crippen LogP contribution in [0.3, 0.4) is 0 Å². The minimum Gasteiger partial charge on any atom is -0.478 e. The number of hydrogen-bond acceptors (Lipinski definition) is 5. The normalized spacial score (nSPS) is 10.4. The quantitative estimate of drug-likeness (QED) is 0.782. The zero-order valence-electron chi connectivity index (χ0n) is 7.31. The Balaban J connectivity index is 2.59. The van der Waals surface area contributed by atoms with Gasteiger partial charge in [0.2, 0.25) is 0 Å². The summed E-state index contributed by atoms with van der Waals surface area (Å²) in [4.78, 5) is 18.7. The lowest BCUT2D eigenvalue weighted by Crippen LogP contribution is -1.96. The summed E-state index contributed by atoms with van der Waals surface area (Å²) in [6, 6.07) is 1.57. The maximum atomic E-state index is 10.6. The van der Waals surface area contributed by atoms with E-state index in [1.54, 1.807) is 13.1 Å². The van der Waals surface area contributed by atoms with E-state index in [0.29, 0.717) is 5.65 Å². The summed E-state index contributed by atoms with van der Waals surface area (Å²) in [6.45, 7) is 0. The second-order valence-corrected chi connectivity index (χ2v) is 3.65. The van der Waals surface area contributed by atoms with Gasteiger partial charge in [-0.2, -0.15) is 0 Å². The molecule has 0 saturated heterocycles. The molecule has 2 N–H and O–H groups in total. The van der Waals surface area contributed by atoms with Crippen LogP contribution in [0.15, 0.2) is 12.3 Å². The van der Waals surface area contributed by atoms with Crippen LogP contribution in [-0.2, 0) is 0 Å². The summed E-state index contributed by atoms with van der Waals surface area (Å²) >= 11 is 1.38. The first kappa shape index (κ1) is 8.89. The van der Waals surface area contributed by atoms with Crippen molar-refractivity contribution < 1.29 is 9.90 Å². The number of rotatable bonds is 2. The Morgan fingerprint density at radius 2 is 2.43 bits per heavy atom. The highest BCUT2D eigenvalue weighted by atomic mass is 32.1. The van der Waals surface area contributed by atoms with Crippen LogP contribution in [-0.4, -0.2) is 28.1 Å². The van der Waals surface area contributed by atoms with E-state index in [9.17, 15) is 4.79 Å². The van der Waals surface area contributed by atoms with Gasteiger partial charge in [0.05, 0.1) is 10.3 Å². The average molecular weight is 209 g/mol. The summed E-state index contributed by atoms with van der Waals surface area (Å²) < 4.78 is 0.772. The Labute approximate surface area is 83.4 Å². The van der Waals surface area contributed by atoms with Gasteiger partial charge in [-0.15, -0.1) is 0 Å². The number of nitrogens with zero attached hydrogens (tertiary/aromatic N) is 2. The molecule has 0 fully saturated rings. The number of carboxylic acids is 1. The van der Waals surface area contributed by atoms with E-state index in [0.717, 1.165) is 9.83 Å². The van der Waals surface area contributed by atoms with Crippen LogP contribution in [0.25, 0.3) is 10.3 Å². The van der Waals surface area contributed by atoms with E-state index in [1.165, 1.54) is 17.5 Å². The van der Waals surface area contributed by atoms with Crippen LogP contribution < -0.4 is 5.32 Å². The standard InChI is InChI=1S/C8H7N3O2S/c1-9-8-11-6-5(14-8)2-4(3-10-6)7(12)13/h2-3H,1H3,(H,12,13)(H,9,10,11). The van der Waals surface area contributed by atoms with Crippen molar-refractivity contribution in [2.75, 3.05) is 12.4 Å². The summed E-state index contributed by atoms with van der Waals surface area (Å²) in [6.07, 6.45) is 1.31. The van der Waals surface area contributed by atoms with Gasteiger partial charge in [-0.3, -0.25) is 0 Å². The van der Waals surface area contributed by atoms with Gasteiger partial charge in [-0.25, -0.2) is 14.8 Å². The van der Waals surface area contributed by atoms with E-state index in [2.05, 4.69) is 15.3 Å². The van der Waals surface area contributed by atoms with Crippen LogP contribution in [0.5, 0.6) is 0 Å². The average Bonchev–Trinajstić information content (AvgIpc) is 2.58. The summed E-state index contributed by atoms with van der Waals surface area (Å²) in [7, 11) is 1.76. The number of aromatic nitrogens is 2. The fourth-order valence-corrected chi connectivity index (χ4v) is 1.86. The van der Waals surface area contributed by atoms with Crippen LogP contribution in [0.2, 0.25) is 0 Å². The van der Waals surface area contributed by atoms with Gasteiger partial charge in [0.25, 0.3) is 0 Å². The molecule has 0 radical (unpaired) electrons. The minimum absolute atomic E-state index is 0.184. The molecule has 2 rings (SSSR count). The smallest absolute Gasteiger partial charge is 0.337 e. The largest absolute Gasteiger partial charge is 0.478 e. The molecule has 0 amide bonds. The van der Waals surface area contributed by atoms with Crippen molar-refractivity contribution in [3.8, 4) is 0 Å². The second-order valence-electron chi connectivity index (χ2n) is 2.62. The van der Waals surface area contributed by atoms with Crippen LogP contribution in [0, 0.1) is 0 Å². The number of hydrogen-bond donors (Lipinski definition) is 2. The Kier molecular flexibility index (Phi) is 2.05. The summed E-state index contributed by atoms with van der Waals surface area (Å²) in [5.74, 6) is -0.973. The Morgan fingerprint density at radius 3 is 3.07 bits per heavy atom. The van der Waals surface area contributed by atoms with E-state index >= 15 is 0 Å². The van der Waals surface area contributed by atoms with Gasteiger partial charge in [0.15, 0.2) is 10.8 Å². The molecule has 14 heavy (non-hydrogen) atoms. The number of nitrogens with one attached hydrogen (secondary N) is 1. The fourth-order valence-electron chi connectivity index (χ4n) is 1.04. The number of pyridine rings is 1. The van der Waals surface area contributed by atoms with Gasteiger partial charge in [0.1, 0.15) is 0 Å². The van der Waals surface area contributed by atoms with Gasteiger partial charge in [-0.1, -0.05) is 11.3 Å². The van der Waals surface area contributed by atoms with Crippen molar-refractivity contribution in [1.82, 2.24) is 9.97 Å². The molecule has 0 aromatic carbocycles. The molecule has 0 aliphatic carbocycles. The van der Waals surface area contributed by atoms with Crippen LogP contribution >= 0.6 is 11.3 Å². The van der Waals surface area contributed by atoms with Crippen molar-refractivity contribution >= 4 is 32.8 Å². The Morgan fingerprint density at radius 1 is 1.64 bits per heavy atom. The first-order chi connectivity index (χ1) is 6.70.